The molecule has 0 saturated carbocycles. The molecule has 2 heterocycles. The van der Waals surface area contributed by atoms with Gasteiger partial charge in [-0.15, -0.1) is 11.3 Å². The van der Waals surface area contributed by atoms with Gasteiger partial charge in [0.25, 0.3) is 0 Å². The lowest BCUT2D eigenvalue weighted by molar-refractivity contribution is 0.447. The minimum Gasteiger partial charge on any atom is -0.370 e. The molecule has 0 spiro atoms. The predicted molar refractivity (Wildman–Crippen MR) is 76.9 cm³/mol. The molecule has 3 aromatic rings. The summed E-state index contributed by atoms with van der Waals surface area (Å²) in [6.07, 6.45) is 0. The maximum Gasteiger partial charge on any atom is 0.194 e. The van der Waals surface area contributed by atoms with Crippen LogP contribution >= 0.6 is 11.3 Å². The summed E-state index contributed by atoms with van der Waals surface area (Å²) in [6.45, 7) is 2.56. The summed E-state index contributed by atoms with van der Waals surface area (Å²) in [7, 11) is 0. The Morgan fingerprint density at radius 2 is 1.86 bits per heavy atom. The molecule has 0 unspecified atom stereocenters. The first-order valence-electron chi connectivity index (χ1n) is 6.24. The fraction of sp³-hybridized carbons (Fsp3) is 0.143. The molecule has 21 heavy (non-hydrogen) atoms. The van der Waals surface area contributed by atoms with Gasteiger partial charge in [0, 0.05) is 12.1 Å². The van der Waals surface area contributed by atoms with Gasteiger partial charge in [0.05, 0.1) is 5.39 Å². The predicted octanol–water partition coefficient (Wildman–Crippen LogP) is 4.21. The molecule has 3 nitrogen and oxygen atoms in total. The van der Waals surface area contributed by atoms with Crippen LogP contribution in [0.25, 0.3) is 21.6 Å². The SMILES string of the molecule is CCNc1nc(-c2cc(F)c(F)c(F)c2)nc2sccc12. The minimum atomic E-state index is -1.50. The van der Waals surface area contributed by atoms with Crippen molar-refractivity contribution < 1.29 is 13.2 Å². The van der Waals surface area contributed by atoms with Crippen LogP contribution in [0.15, 0.2) is 23.6 Å². The topological polar surface area (TPSA) is 37.8 Å². The first kappa shape index (κ1) is 13.8. The number of anilines is 1. The van der Waals surface area contributed by atoms with Gasteiger partial charge >= 0.3 is 0 Å². The zero-order valence-electron chi connectivity index (χ0n) is 11.0. The molecular formula is C14H10F3N3S. The van der Waals surface area contributed by atoms with Crippen LogP contribution in [0.4, 0.5) is 19.0 Å². The molecule has 0 saturated heterocycles. The van der Waals surface area contributed by atoms with E-state index in [9.17, 15) is 13.2 Å². The van der Waals surface area contributed by atoms with Crippen molar-refractivity contribution in [1.29, 1.82) is 0 Å². The molecule has 2 aromatic heterocycles. The van der Waals surface area contributed by atoms with Crippen molar-refractivity contribution in [3.63, 3.8) is 0 Å². The van der Waals surface area contributed by atoms with Crippen LogP contribution in [0.3, 0.4) is 0 Å². The number of fused-ring (bicyclic) bond motifs is 1. The highest BCUT2D eigenvalue weighted by molar-refractivity contribution is 7.16. The molecular weight excluding hydrogens is 299 g/mol. The lowest BCUT2D eigenvalue weighted by Gasteiger charge is -2.07. The summed E-state index contributed by atoms with van der Waals surface area (Å²) in [4.78, 5) is 9.24. The fourth-order valence-corrected chi connectivity index (χ4v) is 2.74. The second kappa shape index (κ2) is 5.33. The zero-order valence-corrected chi connectivity index (χ0v) is 11.8. The number of aromatic nitrogens is 2. The molecule has 0 bridgehead atoms. The zero-order chi connectivity index (χ0) is 15.0. The van der Waals surface area contributed by atoms with E-state index in [1.807, 2.05) is 18.4 Å². The smallest absolute Gasteiger partial charge is 0.194 e. The van der Waals surface area contributed by atoms with Gasteiger partial charge in [-0.2, -0.15) is 0 Å². The van der Waals surface area contributed by atoms with E-state index in [0.717, 1.165) is 17.5 Å². The molecule has 0 fully saturated rings. The average molecular weight is 309 g/mol. The normalized spacial score (nSPS) is 11.0. The molecule has 0 amide bonds. The molecule has 1 N–H and O–H groups in total. The third-order valence-electron chi connectivity index (χ3n) is 2.91. The van der Waals surface area contributed by atoms with E-state index in [1.165, 1.54) is 11.3 Å². The Morgan fingerprint density at radius 3 is 2.52 bits per heavy atom. The minimum absolute atomic E-state index is 0.0980. The van der Waals surface area contributed by atoms with Crippen LogP contribution in [-0.4, -0.2) is 16.5 Å². The Bertz CT molecular complexity index is 793. The number of hydrogen-bond donors (Lipinski definition) is 1. The van der Waals surface area contributed by atoms with E-state index in [0.29, 0.717) is 17.2 Å². The standard InChI is InChI=1S/C14H10F3N3S/c1-2-18-13-8-3-4-21-14(8)20-12(19-13)7-5-9(15)11(17)10(16)6-7/h3-6H,2H2,1H3,(H,18,19,20). The second-order valence-corrected chi connectivity index (χ2v) is 5.21. The van der Waals surface area contributed by atoms with Crippen molar-refractivity contribution in [2.45, 2.75) is 6.92 Å². The first-order valence-corrected chi connectivity index (χ1v) is 7.12. The summed E-state index contributed by atoms with van der Waals surface area (Å²) in [5.41, 5.74) is 0.0980. The average Bonchev–Trinajstić information content (AvgIpc) is 2.93. The number of nitrogens with one attached hydrogen (secondary N) is 1. The summed E-state index contributed by atoms with van der Waals surface area (Å²) < 4.78 is 39.7. The van der Waals surface area contributed by atoms with Gasteiger partial charge in [0.2, 0.25) is 0 Å². The van der Waals surface area contributed by atoms with Crippen molar-refractivity contribution in [3.8, 4) is 11.4 Å². The van der Waals surface area contributed by atoms with Gasteiger partial charge < -0.3 is 5.32 Å². The number of hydrogen-bond acceptors (Lipinski definition) is 4. The Hall–Kier alpha value is -2.15. The van der Waals surface area contributed by atoms with E-state index in [4.69, 9.17) is 0 Å². The van der Waals surface area contributed by atoms with Gasteiger partial charge in [-0.1, -0.05) is 0 Å². The first-order chi connectivity index (χ1) is 10.1. The third kappa shape index (κ3) is 2.44. The largest absolute Gasteiger partial charge is 0.370 e. The molecule has 108 valence electrons. The summed E-state index contributed by atoms with van der Waals surface area (Å²) in [5.74, 6) is -3.28. The van der Waals surface area contributed by atoms with Crippen molar-refractivity contribution in [3.05, 3.63) is 41.0 Å². The van der Waals surface area contributed by atoms with E-state index in [2.05, 4.69) is 15.3 Å². The number of rotatable bonds is 3. The Labute approximate surface area is 122 Å². The second-order valence-electron chi connectivity index (χ2n) is 4.32. The van der Waals surface area contributed by atoms with Crippen LogP contribution in [-0.2, 0) is 0 Å². The van der Waals surface area contributed by atoms with E-state index >= 15 is 0 Å². The molecule has 0 radical (unpaired) electrons. The van der Waals surface area contributed by atoms with Gasteiger partial charge in [-0.05, 0) is 30.5 Å². The van der Waals surface area contributed by atoms with E-state index in [-0.39, 0.29) is 11.4 Å². The van der Waals surface area contributed by atoms with Crippen LogP contribution in [0.5, 0.6) is 0 Å². The van der Waals surface area contributed by atoms with Gasteiger partial charge in [-0.3, -0.25) is 0 Å². The van der Waals surface area contributed by atoms with Crippen molar-refractivity contribution >= 4 is 27.4 Å². The number of halogens is 3. The van der Waals surface area contributed by atoms with Gasteiger partial charge in [0.15, 0.2) is 23.3 Å². The number of thiophene rings is 1. The quantitative estimate of drug-likeness (QED) is 0.737. The molecule has 0 aliphatic rings. The molecule has 3 rings (SSSR count). The van der Waals surface area contributed by atoms with Crippen molar-refractivity contribution in [1.82, 2.24) is 9.97 Å². The van der Waals surface area contributed by atoms with E-state index in [1.54, 1.807) is 0 Å². The maximum absolute atomic E-state index is 13.3. The van der Waals surface area contributed by atoms with Crippen LogP contribution in [0, 0.1) is 17.5 Å². The van der Waals surface area contributed by atoms with Crippen LogP contribution in [0.2, 0.25) is 0 Å². The van der Waals surface area contributed by atoms with Crippen LogP contribution < -0.4 is 5.32 Å². The monoisotopic (exact) mass is 309 g/mol. The maximum atomic E-state index is 13.3. The molecule has 7 heteroatoms. The van der Waals surface area contributed by atoms with Crippen molar-refractivity contribution in [2.75, 3.05) is 11.9 Å². The Balaban J connectivity index is 2.20. The van der Waals surface area contributed by atoms with Gasteiger partial charge in [-0.25, -0.2) is 23.1 Å². The highest BCUT2D eigenvalue weighted by atomic mass is 32.1. The highest BCUT2D eigenvalue weighted by Crippen LogP contribution is 2.29. The molecule has 0 aliphatic heterocycles. The third-order valence-corrected chi connectivity index (χ3v) is 3.72. The fourth-order valence-electron chi connectivity index (χ4n) is 1.97. The Morgan fingerprint density at radius 1 is 1.14 bits per heavy atom. The summed E-state index contributed by atoms with van der Waals surface area (Å²) >= 11 is 1.40. The summed E-state index contributed by atoms with van der Waals surface area (Å²) in [6, 6.07) is 3.65. The number of benzene rings is 1. The summed E-state index contributed by atoms with van der Waals surface area (Å²) in [5, 5.41) is 5.78. The number of nitrogens with zero attached hydrogens (tertiary/aromatic N) is 2. The lowest BCUT2D eigenvalue weighted by Crippen LogP contribution is -2.02. The van der Waals surface area contributed by atoms with Gasteiger partial charge in [0.1, 0.15) is 10.6 Å². The Kier molecular flexibility index (Phi) is 3.50. The van der Waals surface area contributed by atoms with Crippen LogP contribution in [0.1, 0.15) is 6.92 Å². The molecule has 0 aliphatic carbocycles. The lowest BCUT2D eigenvalue weighted by atomic mass is 10.2. The van der Waals surface area contributed by atoms with E-state index < -0.39 is 17.5 Å². The highest BCUT2D eigenvalue weighted by Gasteiger charge is 2.15. The molecule has 1 aromatic carbocycles. The molecule has 0 atom stereocenters. The van der Waals surface area contributed by atoms with Crippen molar-refractivity contribution in [2.24, 2.45) is 0 Å².